The molecule has 3 heteroatoms. The van der Waals surface area contributed by atoms with Crippen molar-refractivity contribution in [3.8, 4) is 44.5 Å². The number of para-hydroxylation sites is 2. The fraction of sp³-hybridized carbons (Fsp3) is 0. The normalized spacial score (nSPS) is 11.6. The number of hydrogen-bond donors (Lipinski definition) is 0. The van der Waals surface area contributed by atoms with Crippen molar-refractivity contribution in [1.82, 2.24) is 0 Å². The minimum absolute atomic E-state index is 0.814. The minimum Gasteiger partial charge on any atom is -0.455 e. The predicted molar refractivity (Wildman–Crippen MR) is 255 cm³/mol. The maximum atomic E-state index is 7.14. The first-order valence-corrected chi connectivity index (χ1v) is 20.7. The molecule has 0 amide bonds. The molecule has 2 aromatic heterocycles. The van der Waals surface area contributed by atoms with E-state index < -0.39 is 0 Å². The molecule has 10 aromatic carbocycles. The van der Waals surface area contributed by atoms with Crippen molar-refractivity contribution in [1.29, 1.82) is 0 Å². The molecule has 12 rings (SSSR count). The zero-order valence-corrected chi connectivity index (χ0v) is 33.1. The summed E-state index contributed by atoms with van der Waals surface area (Å²) in [4.78, 5) is 2.37. The van der Waals surface area contributed by atoms with Crippen LogP contribution < -0.4 is 4.90 Å². The molecular formula is C58H37NO2. The van der Waals surface area contributed by atoms with E-state index in [1.165, 1.54) is 16.7 Å². The Balaban J connectivity index is 1.18. The Morgan fingerprint density at radius 2 is 0.803 bits per heavy atom. The van der Waals surface area contributed by atoms with Crippen LogP contribution in [0.2, 0.25) is 0 Å². The summed E-state index contributed by atoms with van der Waals surface area (Å²) in [5.41, 5.74) is 15.5. The highest BCUT2D eigenvalue weighted by molar-refractivity contribution is 6.24. The third-order valence-corrected chi connectivity index (χ3v) is 12.0. The molecule has 0 unspecified atom stereocenters. The van der Waals surface area contributed by atoms with Gasteiger partial charge in [0.25, 0.3) is 0 Å². The molecule has 0 fully saturated rings. The largest absolute Gasteiger partial charge is 0.455 e. The van der Waals surface area contributed by atoms with Crippen molar-refractivity contribution in [2.24, 2.45) is 0 Å². The van der Waals surface area contributed by atoms with Gasteiger partial charge in [0.05, 0.1) is 16.8 Å². The molecule has 0 spiro atoms. The molecule has 12 aromatic rings. The highest BCUT2D eigenvalue weighted by atomic mass is 16.3. The second-order valence-electron chi connectivity index (χ2n) is 15.6. The fourth-order valence-electron chi connectivity index (χ4n) is 9.17. The average Bonchev–Trinajstić information content (AvgIpc) is 3.92. The van der Waals surface area contributed by atoms with Gasteiger partial charge in [0.2, 0.25) is 0 Å². The minimum atomic E-state index is 0.814. The first-order valence-electron chi connectivity index (χ1n) is 20.7. The molecule has 0 radical (unpaired) electrons. The van der Waals surface area contributed by atoms with Crippen molar-refractivity contribution in [2.45, 2.75) is 0 Å². The quantitative estimate of drug-likeness (QED) is 0.161. The van der Waals surface area contributed by atoms with Crippen molar-refractivity contribution in [3.05, 3.63) is 224 Å². The summed E-state index contributed by atoms with van der Waals surface area (Å²) < 4.78 is 14.0. The van der Waals surface area contributed by atoms with E-state index in [9.17, 15) is 0 Å². The second-order valence-corrected chi connectivity index (χ2v) is 15.6. The van der Waals surface area contributed by atoms with E-state index in [-0.39, 0.29) is 0 Å². The van der Waals surface area contributed by atoms with Crippen LogP contribution in [0.3, 0.4) is 0 Å². The van der Waals surface area contributed by atoms with Crippen LogP contribution in [0.25, 0.3) is 99.2 Å². The average molecular weight is 780 g/mol. The van der Waals surface area contributed by atoms with Crippen LogP contribution in [-0.4, -0.2) is 0 Å². The van der Waals surface area contributed by atoms with Crippen LogP contribution in [-0.2, 0) is 0 Å². The Kier molecular flexibility index (Phi) is 8.17. The Hall–Kier alpha value is -8.14. The molecule has 0 aliphatic rings. The lowest BCUT2D eigenvalue weighted by Crippen LogP contribution is -2.11. The van der Waals surface area contributed by atoms with Gasteiger partial charge in [0.15, 0.2) is 5.58 Å². The van der Waals surface area contributed by atoms with E-state index in [0.29, 0.717) is 0 Å². The van der Waals surface area contributed by atoms with Crippen molar-refractivity contribution in [3.63, 3.8) is 0 Å². The molecule has 0 aliphatic carbocycles. The zero-order valence-electron chi connectivity index (χ0n) is 33.1. The predicted octanol–water partition coefficient (Wildman–Crippen LogP) is 16.8. The molecule has 0 aliphatic heterocycles. The van der Waals surface area contributed by atoms with Gasteiger partial charge >= 0.3 is 0 Å². The van der Waals surface area contributed by atoms with E-state index in [0.717, 1.165) is 99.5 Å². The smallest absolute Gasteiger partial charge is 0.159 e. The van der Waals surface area contributed by atoms with Gasteiger partial charge in [-0.25, -0.2) is 0 Å². The van der Waals surface area contributed by atoms with Gasteiger partial charge in [-0.3, -0.25) is 0 Å². The topological polar surface area (TPSA) is 29.5 Å². The number of benzene rings is 10. The number of fused-ring (bicyclic) bond motifs is 8. The van der Waals surface area contributed by atoms with Crippen LogP contribution in [0.4, 0.5) is 17.1 Å². The molecule has 286 valence electrons. The maximum Gasteiger partial charge on any atom is 0.159 e. The molecule has 0 saturated heterocycles. The van der Waals surface area contributed by atoms with Crippen LogP contribution in [0.15, 0.2) is 233 Å². The third-order valence-electron chi connectivity index (χ3n) is 12.0. The SMILES string of the molecule is c1ccc(-c2ccc(N(c3cccc4c3oc3ccccc34)c3cc(-c4ccccc4)cc4oc5c6ccccc6c(-c6cccc(-c7ccccc7)c6)cc5c34)cc2)cc1. The molecule has 0 N–H and O–H groups in total. The van der Waals surface area contributed by atoms with Gasteiger partial charge in [-0.05, 0) is 98.4 Å². The Labute approximate surface area is 353 Å². The van der Waals surface area contributed by atoms with E-state index in [2.05, 4.69) is 223 Å². The first-order chi connectivity index (χ1) is 30.2. The van der Waals surface area contributed by atoms with Crippen LogP contribution >= 0.6 is 0 Å². The molecule has 2 heterocycles. The summed E-state index contributed by atoms with van der Waals surface area (Å²) in [5, 5.41) is 6.45. The molecule has 3 nitrogen and oxygen atoms in total. The summed E-state index contributed by atoms with van der Waals surface area (Å²) in [7, 11) is 0. The number of nitrogens with zero attached hydrogens (tertiary/aromatic N) is 1. The summed E-state index contributed by atoms with van der Waals surface area (Å²) in [5.74, 6) is 0. The Morgan fingerprint density at radius 1 is 0.279 bits per heavy atom. The Bertz CT molecular complexity index is 3570. The number of furan rings is 2. The first kappa shape index (κ1) is 34.9. The van der Waals surface area contributed by atoms with Gasteiger partial charge in [-0.1, -0.05) is 176 Å². The van der Waals surface area contributed by atoms with E-state index >= 15 is 0 Å². The van der Waals surface area contributed by atoms with Crippen molar-refractivity contribution < 1.29 is 8.83 Å². The number of hydrogen-bond acceptors (Lipinski definition) is 3. The van der Waals surface area contributed by atoms with E-state index in [1.807, 2.05) is 6.07 Å². The van der Waals surface area contributed by atoms with Crippen LogP contribution in [0.1, 0.15) is 0 Å². The second kappa shape index (κ2) is 14.3. The van der Waals surface area contributed by atoms with Gasteiger partial charge in [0.1, 0.15) is 16.7 Å². The van der Waals surface area contributed by atoms with Crippen molar-refractivity contribution in [2.75, 3.05) is 4.90 Å². The molecule has 0 atom stereocenters. The lowest BCUT2D eigenvalue weighted by molar-refractivity contribution is 0.669. The highest BCUT2D eigenvalue weighted by Crippen LogP contribution is 2.50. The molecule has 0 saturated carbocycles. The lowest BCUT2D eigenvalue weighted by atomic mass is 9.92. The lowest BCUT2D eigenvalue weighted by Gasteiger charge is -2.27. The molecule has 61 heavy (non-hydrogen) atoms. The van der Waals surface area contributed by atoms with E-state index in [1.54, 1.807) is 0 Å². The monoisotopic (exact) mass is 779 g/mol. The fourth-order valence-corrected chi connectivity index (χ4v) is 9.17. The van der Waals surface area contributed by atoms with Gasteiger partial charge in [-0.15, -0.1) is 0 Å². The summed E-state index contributed by atoms with van der Waals surface area (Å²) in [6.07, 6.45) is 0. The maximum absolute atomic E-state index is 7.14. The van der Waals surface area contributed by atoms with Gasteiger partial charge in [0, 0.05) is 27.2 Å². The molecule has 0 bridgehead atoms. The standard InChI is InChI=1S/C58H37NO2/c1-4-16-38(17-5-1)41-30-32-45(33-31-41)59(52-28-15-27-49-47-25-12-13-29-54(47)60-58(49)52)53-35-44(40-20-8-3-9-21-40)36-55-56(53)51-37-50(46-24-10-11-26-48(46)57(51)61-55)43-23-14-22-42(34-43)39-18-6-2-7-19-39/h1-37H. The van der Waals surface area contributed by atoms with Gasteiger partial charge in [-0.2, -0.15) is 0 Å². The van der Waals surface area contributed by atoms with Crippen LogP contribution in [0, 0.1) is 0 Å². The zero-order chi connectivity index (χ0) is 40.3. The number of anilines is 3. The van der Waals surface area contributed by atoms with E-state index in [4.69, 9.17) is 8.83 Å². The molecular weight excluding hydrogens is 743 g/mol. The number of rotatable bonds is 7. The van der Waals surface area contributed by atoms with Crippen molar-refractivity contribution >= 4 is 71.7 Å². The summed E-state index contributed by atoms with van der Waals surface area (Å²) >= 11 is 0. The van der Waals surface area contributed by atoms with Crippen LogP contribution in [0.5, 0.6) is 0 Å². The third kappa shape index (κ3) is 5.90. The summed E-state index contributed by atoms with van der Waals surface area (Å²) in [6, 6.07) is 79.8. The summed E-state index contributed by atoms with van der Waals surface area (Å²) in [6.45, 7) is 0. The Morgan fingerprint density at radius 3 is 1.54 bits per heavy atom. The van der Waals surface area contributed by atoms with Gasteiger partial charge < -0.3 is 13.7 Å². The highest BCUT2D eigenvalue weighted by Gasteiger charge is 2.26.